The number of ether oxygens (including phenoxy) is 2. The highest BCUT2D eigenvalue weighted by atomic mass is 16.5. The van der Waals surface area contributed by atoms with Crippen LogP contribution in [0.3, 0.4) is 0 Å². The Bertz CT molecular complexity index is 918. The SMILES string of the molecule is COCCN1C(=O)C(=O)/C(=C(/O)c2ccc(OCC(C)C)cc2)[C@H]1c1ccccc1. The smallest absolute Gasteiger partial charge is 0.295 e. The Morgan fingerprint density at radius 1 is 1.07 bits per heavy atom. The van der Waals surface area contributed by atoms with Gasteiger partial charge in [0.2, 0.25) is 0 Å². The average Bonchev–Trinajstić information content (AvgIpc) is 3.01. The van der Waals surface area contributed by atoms with Crippen LogP contribution in [-0.2, 0) is 14.3 Å². The molecule has 2 aromatic rings. The maximum absolute atomic E-state index is 12.8. The average molecular weight is 409 g/mol. The molecule has 1 amide bonds. The normalized spacial score (nSPS) is 18.3. The lowest BCUT2D eigenvalue weighted by molar-refractivity contribution is -0.140. The Hall–Kier alpha value is -3.12. The van der Waals surface area contributed by atoms with E-state index in [-0.39, 0.29) is 24.5 Å². The molecule has 1 fully saturated rings. The molecule has 1 heterocycles. The van der Waals surface area contributed by atoms with Crippen LogP contribution in [0.2, 0.25) is 0 Å². The highest BCUT2D eigenvalue weighted by Gasteiger charge is 2.45. The number of ketones is 1. The lowest BCUT2D eigenvalue weighted by Crippen LogP contribution is -2.32. The van der Waals surface area contributed by atoms with Crippen LogP contribution in [0, 0.1) is 5.92 Å². The van der Waals surface area contributed by atoms with E-state index < -0.39 is 17.7 Å². The van der Waals surface area contributed by atoms with Crippen molar-refractivity contribution in [2.45, 2.75) is 19.9 Å². The topological polar surface area (TPSA) is 76.1 Å². The molecule has 1 saturated heterocycles. The maximum atomic E-state index is 12.8. The molecule has 0 spiro atoms. The molecule has 30 heavy (non-hydrogen) atoms. The van der Waals surface area contributed by atoms with Crippen LogP contribution in [0.5, 0.6) is 5.75 Å². The Morgan fingerprint density at radius 3 is 2.33 bits per heavy atom. The van der Waals surface area contributed by atoms with Crippen molar-refractivity contribution in [3.8, 4) is 5.75 Å². The van der Waals surface area contributed by atoms with Gasteiger partial charge in [-0.15, -0.1) is 0 Å². The van der Waals surface area contributed by atoms with Crippen molar-refractivity contribution in [2.24, 2.45) is 5.92 Å². The second-order valence-corrected chi connectivity index (χ2v) is 7.63. The number of hydrogen-bond donors (Lipinski definition) is 1. The lowest BCUT2D eigenvalue weighted by atomic mass is 9.95. The summed E-state index contributed by atoms with van der Waals surface area (Å²) in [6, 6.07) is 15.4. The number of aliphatic hydroxyl groups is 1. The van der Waals surface area contributed by atoms with Gasteiger partial charge in [-0.1, -0.05) is 44.2 Å². The fraction of sp³-hybridized carbons (Fsp3) is 0.333. The Kier molecular flexibility index (Phi) is 6.90. The summed E-state index contributed by atoms with van der Waals surface area (Å²) in [4.78, 5) is 27.0. The number of hydrogen-bond acceptors (Lipinski definition) is 5. The van der Waals surface area contributed by atoms with E-state index in [1.807, 2.05) is 30.3 Å². The van der Waals surface area contributed by atoms with Gasteiger partial charge < -0.3 is 19.5 Å². The third-order valence-corrected chi connectivity index (χ3v) is 4.90. The minimum Gasteiger partial charge on any atom is -0.507 e. The predicted molar refractivity (Wildman–Crippen MR) is 114 cm³/mol. The first kappa shape index (κ1) is 21.6. The van der Waals surface area contributed by atoms with E-state index in [1.54, 1.807) is 24.3 Å². The van der Waals surface area contributed by atoms with Crippen molar-refractivity contribution >= 4 is 17.4 Å². The largest absolute Gasteiger partial charge is 0.507 e. The number of likely N-dealkylation sites (tertiary alicyclic amines) is 1. The minimum absolute atomic E-state index is 0.0816. The number of amides is 1. The van der Waals surface area contributed by atoms with Gasteiger partial charge in [0.05, 0.1) is 24.8 Å². The molecule has 1 aliphatic heterocycles. The van der Waals surface area contributed by atoms with E-state index in [1.165, 1.54) is 12.0 Å². The van der Waals surface area contributed by atoms with E-state index in [2.05, 4.69) is 13.8 Å². The van der Waals surface area contributed by atoms with Gasteiger partial charge in [0.15, 0.2) is 0 Å². The van der Waals surface area contributed by atoms with Crippen LogP contribution >= 0.6 is 0 Å². The first-order valence-corrected chi connectivity index (χ1v) is 9.99. The van der Waals surface area contributed by atoms with E-state index in [0.717, 1.165) is 5.56 Å². The molecule has 0 bridgehead atoms. The lowest BCUT2D eigenvalue weighted by Gasteiger charge is -2.25. The number of rotatable bonds is 8. The van der Waals surface area contributed by atoms with Crippen molar-refractivity contribution < 1.29 is 24.2 Å². The zero-order chi connectivity index (χ0) is 21.7. The molecule has 0 aliphatic carbocycles. The van der Waals surface area contributed by atoms with Crippen LogP contribution in [0.25, 0.3) is 5.76 Å². The van der Waals surface area contributed by atoms with Crippen molar-refractivity contribution in [3.05, 3.63) is 71.3 Å². The zero-order valence-corrected chi connectivity index (χ0v) is 17.5. The molecule has 1 aliphatic rings. The van der Waals surface area contributed by atoms with Crippen molar-refractivity contribution in [3.63, 3.8) is 0 Å². The molecule has 0 radical (unpaired) electrons. The number of Topliss-reactive ketones (excluding diaryl/α,β-unsaturated/α-hetero) is 1. The second kappa shape index (κ2) is 9.59. The Labute approximate surface area is 176 Å². The summed E-state index contributed by atoms with van der Waals surface area (Å²) < 4.78 is 10.8. The van der Waals surface area contributed by atoms with Crippen LogP contribution in [0.4, 0.5) is 0 Å². The van der Waals surface area contributed by atoms with Crippen LogP contribution in [-0.4, -0.2) is 48.6 Å². The van der Waals surface area contributed by atoms with E-state index >= 15 is 0 Å². The molecule has 1 N–H and O–H groups in total. The predicted octanol–water partition coefficient (Wildman–Crippen LogP) is 3.79. The van der Waals surface area contributed by atoms with Gasteiger partial charge >= 0.3 is 0 Å². The number of carbonyl (C=O) groups excluding carboxylic acids is 2. The van der Waals surface area contributed by atoms with E-state index in [9.17, 15) is 14.7 Å². The standard InChI is InChI=1S/C24H27NO5/c1-16(2)15-30-19-11-9-18(10-12-19)22(26)20-21(17-7-5-4-6-8-17)25(13-14-29-3)24(28)23(20)27/h4-12,16,21,26H,13-15H2,1-3H3/b22-20+/t21-/m1/s1. The molecular formula is C24H27NO5. The summed E-state index contributed by atoms with van der Waals surface area (Å²) in [5.41, 5.74) is 1.29. The van der Waals surface area contributed by atoms with Crippen molar-refractivity contribution in [2.75, 3.05) is 26.9 Å². The van der Waals surface area contributed by atoms with Gasteiger partial charge in [0.25, 0.3) is 11.7 Å². The number of nitrogens with zero attached hydrogens (tertiary/aromatic N) is 1. The van der Waals surface area contributed by atoms with E-state index in [4.69, 9.17) is 9.47 Å². The summed E-state index contributed by atoms with van der Waals surface area (Å²) >= 11 is 0. The molecule has 6 heteroatoms. The van der Waals surface area contributed by atoms with E-state index in [0.29, 0.717) is 23.8 Å². The van der Waals surface area contributed by atoms with Gasteiger partial charge in [-0.2, -0.15) is 0 Å². The third-order valence-electron chi connectivity index (χ3n) is 4.90. The van der Waals surface area contributed by atoms with Gasteiger partial charge in [0.1, 0.15) is 11.5 Å². The molecule has 0 aromatic heterocycles. The quantitative estimate of drug-likeness (QED) is 0.408. The minimum atomic E-state index is -0.697. The first-order valence-electron chi connectivity index (χ1n) is 9.99. The molecule has 1 atom stereocenters. The van der Waals surface area contributed by atoms with Gasteiger partial charge in [-0.25, -0.2) is 0 Å². The summed E-state index contributed by atoms with van der Waals surface area (Å²) in [7, 11) is 1.54. The number of carbonyl (C=O) groups is 2. The zero-order valence-electron chi connectivity index (χ0n) is 17.5. The van der Waals surface area contributed by atoms with Crippen LogP contribution < -0.4 is 4.74 Å². The highest BCUT2D eigenvalue weighted by molar-refractivity contribution is 6.46. The molecular weight excluding hydrogens is 382 g/mol. The summed E-state index contributed by atoms with van der Waals surface area (Å²) in [5, 5.41) is 11.0. The van der Waals surface area contributed by atoms with Gasteiger partial charge in [-0.05, 0) is 35.7 Å². The van der Waals surface area contributed by atoms with Gasteiger partial charge in [0, 0.05) is 19.2 Å². The first-order chi connectivity index (χ1) is 14.4. The fourth-order valence-electron chi connectivity index (χ4n) is 3.41. The molecule has 0 saturated carbocycles. The molecule has 158 valence electrons. The molecule has 0 unspecified atom stereocenters. The summed E-state index contributed by atoms with van der Waals surface area (Å²) in [6.45, 7) is 5.25. The van der Waals surface area contributed by atoms with Crippen LogP contribution in [0.15, 0.2) is 60.2 Å². The highest BCUT2D eigenvalue weighted by Crippen LogP contribution is 2.39. The molecule has 2 aromatic carbocycles. The Morgan fingerprint density at radius 2 is 1.73 bits per heavy atom. The van der Waals surface area contributed by atoms with Crippen LogP contribution in [0.1, 0.15) is 31.0 Å². The van der Waals surface area contributed by atoms with Gasteiger partial charge in [-0.3, -0.25) is 9.59 Å². The second-order valence-electron chi connectivity index (χ2n) is 7.63. The maximum Gasteiger partial charge on any atom is 0.295 e. The summed E-state index contributed by atoms with van der Waals surface area (Å²) in [5.74, 6) is -0.457. The third kappa shape index (κ3) is 4.54. The summed E-state index contributed by atoms with van der Waals surface area (Å²) in [6.07, 6.45) is 0. The molecule has 6 nitrogen and oxygen atoms in total. The van der Waals surface area contributed by atoms with Crippen molar-refractivity contribution in [1.82, 2.24) is 4.90 Å². The number of benzene rings is 2. The monoisotopic (exact) mass is 409 g/mol. The fourth-order valence-corrected chi connectivity index (χ4v) is 3.41. The van der Waals surface area contributed by atoms with Crippen molar-refractivity contribution in [1.29, 1.82) is 0 Å². The Balaban J connectivity index is 2.00. The number of aliphatic hydroxyl groups excluding tert-OH is 1. The molecule has 3 rings (SSSR count). The number of methoxy groups -OCH3 is 1.